The minimum atomic E-state index is -1.18. The van der Waals surface area contributed by atoms with Crippen molar-refractivity contribution in [3.8, 4) is 0 Å². The zero-order chi connectivity index (χ0) is 15.7. The Kier molecular flexibility index (Phi) is 4.88. The fourth-order valence-corrected chi connectivity index (χ4v) is 3.96. The lowest BCUT2D eigenvalue weighted by Crippen LogP contribution is -2.46. The number of aliphatic carboxylic acids is 1. The van der Waals surface area contributed by atoms with Gasteiger partial charge < -0.3 is 10.0 Å². The minimum absolute atomic E-state index is 0.173. The number of rotatable bonds is 3. The Balaban J connectivity index is 2.44. The van der Waals surface area contributed by atoms with Crippen molar-refractivity contribution in [2.75, 3.05) is 5.75 Å². The summed E-state index contributed by atoms with van der Waals surface area (Å²) in [4.78, 5) is 24.7. The van der Waals surface area contributed by atoms with Crippen LogP contribution in [-0.4, -0.2) is 39.1 Å². The van der Waals surface area contributed by atoms with Crippen molar-refractivity contribution in [2.24, 2.45) is 0 Å². The summed E-state index contributed by atoms with van der Waals surface area (Å²) >= 11 is 4.23. The molecule has 0 saturated carbocycles. The van der Waals surface area contributed by atoms with Crippen LogP contribution in [0.5, 0.6) is 0 Å². The van der Waals surface area contributed by atoms with E-state index in [0.717, 1.165) is 17.0 Å². The van der Waals surface area contributed by atoms with Gasteiger partial charge in [0.15, 0.2) is 0 Å². The SMILES string of the molecule is CCC1SCC(C(=O)O)N1C(=O)c1c(F)cc(Br)cc1F. The Hall–Kier alpha value is -1.15. The summed E-state index contributed by atoms with van der Waals surface area (Å²) in [5.41, 5.74) is -0.717. The van der Waals surface area contributed by atoms with E-state index in [0.29, 0.717) is 6.42 Å². The van der Waals surface area contributed by atoms with Gasteiger partial charge in [0, 0.05) is 10.2 Å². The standard InChI is InChI=1S/C13H12BrF2NO3S/c1-2-10-17(9(5-21-10)13(19)20)12(18)11-7(15)3-6(14)4-8(11)16/h3-4,9-10H,2,5H2,1H3,(H,19,20). The number of hydrogen-bond donors (Lipinski definition) is 1. The topological polar surface area (TPSA) is 57.6 Å². The summed E-state index contributed by atoms with van der Waals surface area (Å²) in [6, 6.07) is 0.891. The number of carboxylic acids is 1. The highest BCUT2D eigenvalue weighted by Crippen LogP contribution is 2.34. The van der Waals surface area contributed by atoms with Gasteiger partial charge in [-0.3, -0.25) is 4.79 Å². The Labute approximate surface area is 132 Å². The van der Waals surface area contributed by atoms with Gasteiger partial charge >= 0.3 is 5.97 Å². The smallest absolute Gasteiger partial charge is 0.327 e. The van der Waals surface area contributed by atoms with Crippen LogP contribution >= 0.6 is 27.7 Å². The molecule has 1 N–H and O–H groups in total. The molecule has 2 unspecified atom stereocenters. The molecule has 4 nitrogen and oxygen atoms in total. The first-order valence-electron chi connectivity index (χ1n) is 6.18. The van der Waals surface area contributed by atoms with Crippen LogP contribution in [0.4, 0.5) is 8.78 Å². The first-order valence-corrected chi connectivity index (χ1v) is 8.02. The summed E-state index contributed by atoms with van der Waals surface area (Å²) in [6.07, 6.45) is 0.500. The van der Waals surface area contributed by atoms with Gasteiger partial charge in [-0.1, -0.05) is 22.9 Å². The molecule has 21 heavy (non-hydrogen) atoms. The van der Waals surface area contributed by atoms with Crippen LogP contribution < -0.4 is 0 Å². The number of thioether (sulfide) groups is 1. The first-order chi connectivity index (χ1) is 9.86. The largest absolute Gasteiger partial charge is 0.480 e. The number of amides is 1. The summed E-state index contributed by atoms with van der Waals surface area (Å²) in [5.74, 6) is -3.92. The molecule has 0 aromatic heterocycles. The molecular weight excluding hydrogens is 368 g/mol. The van der Waals surface area contributed by atoms with E-state index in [-0.39, 0.29) is 10.2 Å². The Morgan fingerprint density at radius 2 is 2.00 bits per heavy atom. The second kappa shape index (κ2) is 6.31. The number of carboxylic acid groups (broad SMARTS) is 1. The van der Waals surface area contributed by atoms with Crippen molar-refractivity contribution in [1.82, 2.24) is 4.90 Å². The van der Waals surface area contributed by atoms with E-state index < -0.39 is 40.5 Å². The molecule has 1 amide bonds. The van der Waals surface area contributed by atoms with E-state index in [4.69, 9.17) is 0 Å². The molecule has 114 valence electrons. The molecule has 2 rings (SSSR count). The minimum Gasteiger partial charge on any atom is -0.480 e. The van der Waals surface area contributed by atoms with Crippen molar-refractivity contribution in [3.63, 3.8) is 0 Å². The summed E-state index contributed by atoms with van der Waals surface area (Å²) in [5, 5.41) is 8.77. The van der Waals surface area contributed by atoms with Gasteiger partial charge in [0.05, 0.1) is 5.37 Å². The van der Waals surface area contributed by atoms with Crippen LogP contribution in [0.25, 0.3) is 0 Å². The second-order valence-electron chi connectivity index (χ2n) is 4.51. The van der Waals surface area contributed by atoms with E-state index in [9.17, 15) is 23.5 Å². The Morgan fingerprint density at radius 1 is 1.43 bits per heavy atom. The van der Waals surface area contributed by atoms with Gasteiger partial charge in [0.2, 0.25) is 0 Å². The molecule has 2 atom stereocenters. The molecule has 1 aliphatic heterocycles. The predicted molar refractivity (Wildman–Crippen MR) is 78.2 cm³/mol. The van der Waals surface area contributed by atoms with Crippen LogP contribution in [0, 0.1) is 11.6 Å². The number of hydrogen-bond acceptors (Lipinski definition) is 3. The van der Waals surface area contributed by atoms with Gasteiger partial charge in [-0.15, -0.1) is 11.8 Å². The maximum absolute atomic E-state index is 13.9. The van der Waals surface area contributed by atoms with Gasteiger partial charge in [-0.2, -0.15) is 0 Å². The third kappa shape index (κ3) is 3.06. The normalized spacial score (nSPS) is 21.6. The van der Waals surface area contributed by atoms with E-state index in [1.807, 2.05) is 0 Å². The van der Waals surface area contributed by atoms with Crippen LogP contribution in [0.1, 0.15) is 23.7 Å². The molecule has 1 heterocycles. The summed E-state index contributed by atoms with van der Waals surface area (Å²) < 4.78 is 28.0. The van der Waals surface area contributed by atoms with E-state index in [2.05, 4.69) is 15.9 Å². The fourth-order valence-electron chi connectivity index (χ4n) is 2.22. The van der Waals surface area contributed by atoms with Gasteiger partial charge in [0.25, 0.3) is 5.91 Å². The molecule has 1 aromatic rings. The van der Waals surface area contributed by atoms with Crippen LogP contribution in [0.15, 0.2) is 16.6 Å². The zero-order valence-electron chi connectivity index (χ0n) is 11.0. The van der Waals surface area contributed by atoms with E-state index in [1.54, 1.807) is 6.92 Å². The van der Waals surface area contributed by atoms with Crippen molar-refractivity contribution < 1.29 is 23.5 Å². The highest BCUT2D eigenvalue weighted by atomic mass is 79.9. The molecule has 1 fully saturated rings. The number of carbonyl (C=O) groups excluding carboxylic acids is 1. The summed E-state index contributed by atoms with van der Waals surface area (Å²) in [7, 11) is 0. The lowest BCUT2D eigenvalue weighted by molar-refractivity contribution is -0.141. The van der Waals surface area contributed by atoms with Crippen molar-refractivity contribution >= 4 is 39.6 Å². The fraction of sp³-hybridized carbons (Fsp3) is 0.385. The monoisotopic (exact) mass is 379 g/mol. The van der Waals surface area contributed by atoms with Crippen molar-refractivity contribution in [3.05, 3.63) is 33.8 Å². The van der Waals surface area contributed by atoms with Crippen LogP contribution in [0.2, 0.25) is 0 Å². The third-order valence-corrected chi connectivity index (χ3v) is 5.09. The molecule has 1 aromatic carbocycles. The Morgan fingerprint density at radius 3 is 2.48 bits per heavy atom. The average molecular weight is 380 g/mol. The number of benzene rings is 1. The quantitative estimate of drug-likeness (QED) is 0.876. The molecule has 1 saturated heterocycles. The van der Waals surface area contributed by atoms with Crippen molar-refractivity contribution in [1.29, 1.82) is 0 Å². The average Bonchev–Trinajstić information content (AvgIpc) is 2.80. The molecule has 0 radical (unpaired) electrons. The van der Waals surface area contributed by atoms with Crippen LogP contribution in [-0.2, 0) is 4.79 Å². The van der Waals surface area contributed by atoms with E-state index >= 15 is 0 Å². The second-order valence-corrected chi connectivity index (χ2v) is 6.63. The molecule has 0 spiro atoms. The third-order valence-electron chi connectivity index (χ3n) is 3.18. The lowest BCUT2D eigenvalue weighted by Gasteiger charge is -2.27. The molecule has 8 heteroatoms. The van der Waals surface area contributed by atoms with Gasteiger partial charge in [-0.25, -0.2) is 13.6 Å². The maximum Gasteiger partial charge on any atom is 0.327 e. The number of carbonyl (C=O) groups is 2. The van der Waals surface area contributed by atoms with Crippen LogP contribution in [0.3, 0.4) is 0 Å². The molecule has 0 bridgehead atoms. The Bertz CT molecular complexity index is 576. The van der Waals surface area contributed by atoms with Gasteiger partial charge in [0.1, 0.15) is 23.2 Å². The highest BCUT2D eigenvalue weighted by Gasteiger charge is 2.42. The highest BCUT2D eigenvalue weighted by molar-refractivity contribution is 9.10. The zero-order valence-corrected chi connectivity index (χ0v) is 13.4. The van der Waals surface area contributed by atoms with E-state index in [1.165, 1.54) is 11.8 Å². The molecule has 0 aliphatic carbocycles. The van der Waals surface area contributed by atoms with Crippen molar-refractivity contribution in [2.45, 2.75) is 24.8 Å². The predicted octanol–water partition coefficient (Wildman–Crippen LogP) is 3.11. The molecular formula is C13H12BrF2NO3S. The van der Waals surface area contributed by atoms with Gasteiger partial charge in [-0.05, 0) is 18.6 Å². The first kappa shape index (κ1) is 16.2. The number of nitrogens with zero attached hydrogens (tertiary/aromatic N) is 1. The maximum atomic E-state index is 13.9. The number of halogens is 3. The lowest BCUT2D eigenvalue weighted by atomic mass is 10.1. The summed E-state index contributed by atoms with van der Waals surface area (Å²) in [6.45, 7) is 1.79. The molecule has 1 aliphatic rings.